The maximum atomic E-state index is 11.3. The molecule has 0 radical (unpaired) electrons. The van der Waals surface area contributed by atoms with Gasteiger partial charge in [-0.15, -0.1) is 12.4 Å². The lowest BCUT2D eigenvalue weighted by molar-refractivity contribution is -0.121. The van der Waals surface area contributed by atoms with Gasteiger partial charge in [0, 0.05) is 19.0 Å². The van der Waals surface area contributed by atoms with Crippen LogP contribution < -0.4 is 10.6 Å². The summed E-state index contributed by atoms with van der Waals surface area (Å²) >= 11 is 0. The zero-order valence-corrected chi connectivity index (χ0v) is 11.1. The Bertz CT molecular complexity index is 165. The van der Waals surface area contributed by atoms with E-state index in [4.69, 9.17) is 0 Å². The van der Waals surface area contributed by atoms with Crippen LogP contribution in [0, 0.1) is 5.92 Å². The molecule has 0 rings (SSSR count). The molecule has 0 bridgehead atoms. The molecule has 92 valence electrons. The minimum absolute atomic E-state index is 0. The molecule has 15 heavy (non-hydrogen) atoms. The van der Waals surface area contributed by atoms with Crippen molar-refractivity contribution in [3.63, 3.8) is 0 Å². The molecule has 4 heteroatoms. The van der Waals surface area contributed by atoms with Crippen molar-refractivity contribution >= 4 is 18.3 Å². The van der Waals surface area contributed by atoms with Crippen LogP contribution in [-0.2, 0) is 4.79 Å². The van der Waals surface area contributed by atoms with Gasteiger partial charge >= 0.3 is 0 Å². The number of halogens is 1. The van der Waals surface area contributed by atoms with Gasteiger partial charge in [0.2, 0.25) is 5.91 Å². The van der Waals surface area contributed by atoms with E-state index < -0.39 is 0 Å². The number of carbonyl (C=O) groups is 1. The molecule has 0 fully saturated rings. The molecule has 0 saturated heterocycles. The van der Waals surface area contributed by atoms with Crippen molar-refractivity contribution in [2.45, 2.75) is 46.1 Å². The molecule has 0 aromatic carbocycles. The Balaban J connectivity index is 0. The second-order valence-corrected chi connectivity index (χ2v) is 4.07. The summed E-state index contributed by atoms with van der Waals surface area (Å²) in [5, 5.41) is 5.96. The molecule has 0 aromatic heterocycles. The number of amides is 1. The van der Waals surface area contributed by atoms with Crippen LogP contribution in [0.5, 0.6) is 0 Å². The fraction of sp³-hybridized carbons (Fsp3) is 0.909. The lowest BCUT2D eigenvalue weighted by atomic mass is 10.0. The van der Waals surface area contributed by atoms with Crippen molar-refractivity contribution in [3.05, 3.63) is 0 Å². The third kappa shape index (κ3) is 10.0. The summed E-state index contributed by atoms with van der Waals surface area (Å²) in [7, 11) is 1.86. The molecule has 0 saturated carbocycles. The Labute approximate surface area is 99.8 Å². The van der Waals surface area contributed by atoms with Gasteiger partial charge in [0.05, 0.1) is 0 Å². The van der Waals surface area contributed by atoms with Crippen LogP contribution in [0.25, 0.3) is 0 Å². The summed E-state index contributed by atoms with van der Waals surface area (Å²) in [6.45, 7) is 7.22. The van der Waals surface area contributed by atoms with Gasteiger partial charge in [-0.2, -0.15) is 0 Å². The molecule has 2 N–H and O–H groups in total. The average Bonchev–Trinajstić information content (AvgIpc) is 2.14. The standard InChI is InChI=1S/C11H24N2O.ClH/c1-5-9(2)8-10(3)13-11(14)6-7-12-4;/h9-10,12H,5-8H2,1-4H3,(H,13,14);1H. The minimum Gasteiger partial charge on any atom is -0.354 e. The van der Waals surface area contributed by atoms with Crippen LogP contribution in [0.1, 0.15) is 40.0 Å². The van der Waals surface area contributed by atoms with E-state index in [9.17, 15) is 4.79 Å². The fourth-order valence-electron chi connectivity index (χ4n) is 1.41. The van der Waals surface area contributed by atoms with Crippen LogP contribution in [0.15, 0.2) is 0 Å². The number of hydrogen-bond acceptors (Lipinski definition) is 2. The molecule has 0 aromatic rings. The molecule has 2 atom stereocenters. The van der Waals surface area contributed by atoms with Crippen LogP contribution in [0.2, 0.25) is 0 Å². The Morgan fingerprint density at radius 1 is 1.33 bits per heavy atom. The summed E-state index contributed by atoms with van der Waals surface area (Å²) in [4.78, 5) is 11.3. The topological polar surface area (TPSA) is 41.1 Å². The summed E-state index contributed by atoms with van der Waals surface area (Å²) in [5.41, 5.74) is 0. The van der Waals surface area contributed by atoms with E-state index in [0.717, 1.165) is 13.0 Å². The number of nitrogens with one attached hydrogen (secondary N) is 2. The zero-order valence-electron chi connectivity index (χ0n) is 10.3. The first-order valence-corrected chi connectivity index (χ1v) is 5.54. The monoisotopic (exact) mass is 236 g/mol. The molecular formula is C11H25ClN2O. The third-order valence-electron chi connectivity index (χ3n) is 2.46. The smallest absolute Gasteiger partial charge is 0.221 e. The van der Waals surface area contributed by atoms with Gasteiger partial charge in [-0.05, 0) is 26.3 Å². The first-order chi connectivity index (χ1) is 6.60. The summed E-state index contributed by atoms with van der Waals surface area (Å²) in [6, 6.07) is 0.300. The predicted molar refractivity (Wildman–Crippen MR) is 67.5 cm³/mol. The van der Waals surface area contributed by atoms with Gasteiger partial charge < -0.3 is 10.6 Å². The van der Waals surface area contributed by atoms with E-state index >= 15 is 0 Å². The lowest BCUT2D eigenvalue weighted by Crippen LogP contribution is -2.35. The second kappa shape index (κ2) is 10.2. The van der Waals surface area contributed by atoms with E-state index in [1.807, 2.05) is 7.05 Å². The summed E-state index contributed by atoms with van der Waals surface area (Å²) in [5.74, 6) is 0.838. The van der Waals surface area contributed by atoms with E-state index in [-0.39, 0.29) is 18.3 Å². The zero-order chi connectivity index (χ0) is 11.0. The van der Waals surface area contributed by atoms with Crippen molar-refractivity contribution in [1.29, 1.82) is 0 Å². The molecule has 2 unspecified atom stereocenters. The van der Waals surface area contributed by atoms with Crippen molar-refractivity contribution < 1.29 is 4.79 Å². The van der Waals surface area contributed by atoms with Crippen molar-refractivity contribution in [1.82, 2.24) is 10.6 Å². The van der Waals surface area contributed by atoms with E-state index in [1.54, 1.807) is 0 Å². The van der Waals surface area contributed by atoms with E-state index in [0.29, 0.717) is 18.4 Å². The number of rotatable bonds is 7. The van der Waals surface area contributed by atoms with Gasteiger partial charge in [-0.3, -0.25) is 4.79 Å². The molecule has 0 spiro atoms. The van der Waals surface area contributed by atoms with Crippen LogP contribution >= 0.6 is 12.4 Å². The van der Waals surface area contributed by atoms with Gasteiger partial charge in [0.15, 0.2) is 0 Å². The quantitative estimate of drug-likeness (QED) is 0.710. The Morgan fingerprint density at radius 3 is 2.40 bits per heavy atom. The number of carbonyl (C=O) groups excluding carboxylic acids is 1. The second-order valence-electron chi connectivity index (χ2n) is 4.07. The van der Waals surface area contributed by atoms with Gasteiger partial charge in [0.1, 0.15) is 0 Å². The van der Waals surface area contributed by atoms with Gasteiger partial charge in [-0.25, -0.2) is 0 Å². The molecule has 0 heterocycles. The van der Waals surface area contributed by atoms with Crippen molar-refractivity contribution in [2.75, 3.05) is 13.6 Å². The molecule has 1 amide bonds. The normalized spacial score (nSPS) is 13.9. The predicted octanol–water partition coefficient (Wildman–Crippen LogP) is 1.96. The highest BCUT2D eigenvalue weighted by Crippen LogP contribution is 2.09. The molecule has 0 aliphatic heterocycles. The van der Waals surface area contributed by atoms with E-state index in [2.05, 4.69) is 31.4 Å². The van der Waals surface area contributed by atoms with Crippen molar-refractivity contribution in [2.24, 2.45) is 5.92 Å². The average molecular weight is 237 g/mol. The molecular weight excluding hydrogens is 212 g/mol. The highest BCUT2D eigenvalue weighted by atomic mass is 35.5. The Hall–Kier alpha value is -0.280. The van der Waals surface area contributed by atoms with Gasteiger partial charge in [0.25, 0.3) is 0 Å². The maximum absolute atomic E-state index is 11.3. The SMILES string of the molecule is CCC(C)CC(C)NC(=O)CCNC.Cl. The van der Waals surface area contributed by atoms with Crippen LogP contribution in [0.3, 0.4) is 0 Å². The minimum atomic E-state index is 0. The third-order valence-corrected chi connectivity index (χ3v) is 2.46. The first kappa shape index (κ1) is 17.1. The lowest BCUT2D eigenvalue weighted by Gasteiger charge is -2.17. The summed E-state index contributed by atoms with van der Waals surface area (Å²) in [6.07, 6.45) is 2.82. The van der Waals surface area contributed by atoms with Crippen molar-refractivity contribution in [3.8, 4) is 0 Å². The Morgan fingerprint density at radius 2 is 1.93 bits per heavy atom. The highest BCUT2D eigenvalue weighted by molar-refractivity contribution is 5.85. The molecule has 0 aliphatic rings. The van der Waals surface area contributed by atoms with E-state index in [1.165, 1.54) is 6.42 Å². The van der Waals surface area contributed by atoms with Gasteiger partial charge in [-0.1, -0.05) is 20.3 Å². The largest absolute Gasteiger partial charge is 0.354 e. The highest BCUT2D eigenvalue weighted by Gasteiger charge is 2.09. The fourth-order valence-corrected chi connectivity index (χ4v) is 1.41. The maximum Gasteiger partial charge on any atom is 0.221 e. The Kier molecular flexibility index (Phi) is 11.7. The summed E-state index contributed by atoms with van der Waals surface area (Å²) < 4.78 is 0. The number of hydrogen-bond donors (Lipinski definition) is 2. The molecule has 0 aliphatic carbocycles. The van der Waals surface area contributed by atoms with Crippen LogP contribution in [0.4, 0.5) is 0 Å². The first-order valence-electron chi connectivity index (χ1n) is 5.54. The molecule has 3 nitrogen and oxygen atoms in total. The van der Waals surface area contributed by atoms with Crippen LogP contribution in [-0.4, -0.2) is 25.5 Å².